The van der Waals surface area contributed by atoms with Crippen molar-refractivity contribution in [2.24, 2.45) is 7.05 Å². The molecule has 0 unspecified atom stereocenters. The largest absolute Gasteiger partial charge is 0.493 e. The highest BCUT2D eigenvalue weighted by atomic mass is 16.5. The normalized spacial score (nSPS) is 10.4. The molecule has 1 aromatic heterocycles. The van der Waals surface area contributed by atoms with Gasteiger partial charge in [-0.15, -0.1) is 0 Å². The van der Waals surface area contributed by atoms with Crippen molar-refractivity contribution in [3.8, 4) is 17.6 Å². The highest BCUT2D eigenvalue weighted by molar-refractivity contribution is 5.89. The Kier molecular flexibility index (Phi) is 3.15. The smallest absolute Gasteiger partial charge is 0.162 e. The van der Waals surface area contributed by atoms with E-state index in [0.29, 0.717) is 17.9 Å². The number of aromatic nitrogens is 1. The molecule has 18 heavy (non-hydrogen) atoms. The maximum atomic E-state index is 8.92. The van der Waals surface area contributed by atoms with Gasteiger partial charge in [-0.25, -0.2) is 0 Å². The van der Waals surface area contributed by atoms with Crippen molar-refractivity contribution in [2.45, 2.75) is 13.3 Å². The Bertz CT molecular complexity index is 636. The molecule has 0 radical (unpaired) electrons. The van der Waals surface area contributed by atoms with Crippen LogP contribution in [0.3, 0.4) is 0 Å². The van der Waals surface area contributed by atoms with Gasteiger partial charge >= 0.3 is 0 Å². The van der Waals surface area contributed by atoms with E-state index in [1.807, 2.05) is 26.1 Å². The summed E-state index contributed by atoms with van der Waals surface area (Å²) in [6.07, 6.45) is 0.401. The lowest BCUT2D eigenvalue weighted by Gasteiger charge is -2.08. The molecule has 4 heteroatoms. The minimum absolute atomic E-state index is 0.401. The summed E-state index contributed by atoms with van der Waals surface area (Å²) in [5.74, 6) is 1.39. The van der Waals surface area contributed by atoms with Crippen LogP contribution in [0.15, 0.2) is 12.1 Å². The Hall–Kier alpha value is -2.15. The van der Waals surface area contributed by atoms with Gasteiger partial charge in [0.05, 0.1) is 32.2 Å². The van der Waals surface area contributed by atoms with E-state index in [-0.39, 0.29) is 0 Å². The van der Waals surface area contributed by atoms with Crippen LogP contribution in [-0.2, 0) is 13.5 Å². The molecule has 2 rings (SSSR count). The zero-order chi connectivity index (χ0) is 13.3. The highest BCUT2D eigenvalue weighted by Gasteiger charge is 2.15. The van der Waals surface area contributed by atoms with E-state index in [4.69, 9.17) is 14.7 Å². The van der Waals surface area contributed by atoms with Crippen LogP contribution in [0, 0.1) is 18.3 Å². The molecule has 0 aliphatic rings. The first-order valence-corrected chi connectivity index (χ1v) is 5.70. The molecule has 0 fully saturated rings. The number of hydrogen-bond donors (Lipinski definition) is 0. The second-order valence-corrected chi connectivity index (χ2v) is 4.18. The SMILES string of the molecule is COc1cc2c(CC#N)c(C)n(C)c2cc1OC. The van der Waals surface area contributed by atoms with Gasteiger partial charge in [0, 0.05) is 24.2 Å². The van der Waals surface area contributed by atoms with Crippen molar-refractivity contribution in [3.05, 3.63) is 23.4 Å². The minimum atomic E-state index is 0.401. The number of aryl methyl sites for hydroxylation is 1. The Morgan fingerprint density at radius 3 is 2.39 bits per heavy atom. The van der Waals surface area contributed by atoms with E-state index in [1.165, 1.54) is 0 Å². The molecule has 0 bridgehead atoms. The number of fused-ring (bicyclic) bond motifs is 1. The molecule has 1 aromatic carbocycles. The predicted octanol–water partition coefficient (Wildman–Crippen LogP) is 2.57. The third-order valence-corrected chi connectivity index (χ3v) is 3.38. The molecule has 2 aromatic rings. The molecular weight excluding hydrogens is 228 g/mol. The number of benzene rings is 1. The van der Waals surface area contributed by atoms with Crippen molar-refractivity contribution in [2.75, 3.05) is 14.2 Å². The summed E-state index contributed by atoms with van der Waals surface area (Å²) in [5, 5.41) is 9.98. The van der Waals surface area contributed by atoms with Crippen LogP contribution in [0.25, 0.3) is 10.9 Å². The Morgan fingerprint density at radius 2 is 1.83 bits per heavy atom. The summed E-state index contributed by atoms with van der Waals surface area (Å²) in [6, 6.07) is 6.10. The van der Waals surface area contributed by atoms with Crippen molar-refractivity contribution >= 4 is 10.9 Å². The molecule has 0 amide bonds. The molecule has 94 valence electrons. The summed E-state index contributed by atoms with van der Waals surface area (Å²) in [4.78, 5) is 0. The third kappa shape index (κ3) is 1.68. The van der Waals surface area contributed by atoms with Gasteiger partial charge in [-0.05, 0) is 18.6 Å². The topological polar surface area (TPSA) is 47.2 Å². The number of rotatable bonds is 3. The van der Waals surface area contributed by atoms with Crippen LogP contribution in [0.4, 0.5) is 0 Å². The Balaban J connectivity index is 2.81. The van der Waals surface area contributed by atoms with E-state index in [2.05, 4.69) is 10.6 Å². The molecule has 0 saturated carbocycles. The van der Waals surface area contributed by atoms with Crippen molar-refractivity contribution in [3.63, 3.8) is 0 Å². The van der Waals surface area contributed by atoms with Crippen molar-refractivity contribution in [1.82, 2.24) is 4.57 Å². The fraction of sp³-hybridized carbons (Fsp3) is 0.357. The van der Waals surface area contributed by atoms with Gasteiger partial charge in [-0.2, -0.15) is 5.26 Å². The molecule has 0 atom stereocenters. The van der Waals surface area contributed by atoms with Crippen LogP contribution in [-0.4, -0.2) is 18.8 Å². The van der Waals surface area contributed by atoms with Gasteiger partial charge in [0.25, 0.3) is 0 Å². The summed E-state index contributed by atoms with van der Waals surface area (Å²) in [5.41, 5.74) is 3.20. The summed E-state index contributed by atoms with van der Waals surface area (Å²) in [6.45, 7) is 2.02. The lowest BCUT2D eigenvalue weighted by atomic mass is 10.1. The van der Waals surface area contributed by atoms with Gasteiger partial charge in [0.2, 0.25) is 0 Å². The highest BCUT2D eigenvalue weighted by Crippen LogP contribution is 2.35. The van der Waals surface area contributed by atoms with Crippen molar-refractivity contribution in [1.29, 1.82) is 5.26 Å². The first-order chi connectivity index (χ1) is 8.63. The summed E-state index contributed by atoms with van der Waals surface area (Å²) < 4.78 is 12.7. The molecule has 0 saturated heterocycles. The maximum absolute atomic E-state index is 8.92. The molecule has 4 nitrogen and oxygen atoms in total. The van der Waals surface area contributed by atoms with E-state index in [0.717, 1.165) is 22.2 Å². The zero-order valence-electron chi connectivity index (χ0n) is 11.1. The molecule has 0 aliphatic carbocycles. The van der Waals surface area contributed by atoms with Crippen molar-refractivity contribution < 1.29 is 9.47 Å². The van der Waals surface area contributed by atoms with Gasteiger partial charge in [-0.1, -0.05) is 0 Å². The summed E-state index contributed by atoms with van der Waals surface area (Å²) in [7, 11) is 5.23. The van der Waals surface area contributed by atoms with Crippen LogP contribution in [0.1, 0.15) is 11.3 Å². The van der Waals surface area contributed by atoms with Gasteiger partial charge < -0.3 is 14.0 Å². The zero-order valence-corrected chi connectivity index (χ0v) is 11.1. The van der Waals surface area contributed by atoms with Gasteiger partial charge in [0.1, 0.15) is 0 Å². The van der Waals surface area contributed by atoms with Crippen LogP contribution >= 0.6 is 0 Å². The number of nitriles is 1. The lowest BCUT2D eigenvalue weighted by molar-refractivity contribution is 0.355. The molecule has 0 aliphatic heterocycles. The minimum Gasteiger partial charge on any atom is -0.493 e. The van der Waals surface area contributed by atoms with E-state index in [9.17, 15) is 0 Å². The number of hydrogen-bond acceptors (Lipinski definition) is 3. The van der Waals surface area contributed by atoms with E-state index >= 15 is 0 Å². The van der Waals surface area contributed by atoms with E-state index < -0.39 is 0 Å². The first kappa shape index (κ1) is 12.3. The predicted molar refractivity (Wildman–Crippen MR) is 70.1 cm³/mol. The fourth-order valence-corrected chi connectivity index (χ4v) is 2.27. The van der Waals surface area contributed by atoms with Crippen LogP contribution < -0.4 is 9.47 Å². The van der Waals surface area contributed by atoms with Gasteiger partial charge in [0.15, 0.2) is 11.5 Å². The second-order valence-electron chi connectivity index (χ2n) is 4.18. The second kappa shape index (κ2) is 4.61. The molecule has 1 heterocycles. The average molecular weight is 244 g/mol. The monoisotopic (exact) mass is 244 g/mol. The fourth-order valence-electron chi connectivity index (χ4n) is 2.27. The van der Waals surface area contributed by atoms with E-state index in [1.54, 1.807) is 14.2 Å². The third-order valence-electron chi connectivity index (χ3n) is 3.38. The number of methoxy groups -OCH3 is 2. The molecule has 0 N–H and O–H groups in total. The van der Waals surface area contributed by atoms with Gasteiger partial charge in [-0.3, -0.25) is 0 Å². The summed E-state index contributed by atoms with van der Waals surface area (Å²) >= 11 is 0. The number of nitrogens with zero attached hydrogens (tertiary/aromatic N) is 2. The Labute approximate surface area is 106 Å². The Morgan fingerprint density at radius 1 is 1.22 bits per heavy atom. The average Bonchev–Trinajstić information content (AvgIpc) is 2.62. The van der Waals surface area contributed by atoms with Crippen LogP contribution in [0.5, 0.6) is 11.5 Å². The number of ether oxygens (including phenoxy) is 2. The first-order valence-electron chi connectivity index (χ1n) is 5.70. The lowest BCUT2D eigenvalue weighted by Crippen LogP contribution is -1.93. The van der Waals surface area contributed by atoms with Crippen LogP contribution in [0.2, 0.25) is 0 Å². The molecular formula is C14H16N2O2. The standard InChI is InChI=1S/C14H16N2O2/c1-9-10(5-6-15)11-7-13(17-3)14(18-4)8-12(11)16(9)2/h7-8H,5H2,1-4H3. The quantitative estimate of drug-likeness (QED) is 0.833. The maximum Gasteiger partial charge on any atom is 0.162 e. The molecule has 0 spiro atoms.